The summed E-state index contributed by atoms with van der Waals surface area (Å²) in [6, 6.07) is 20.2. The Bertz CT molecular complexity index is 463. The molecule has 16 heavy (non-hydrogen) atoms. The second kappa shape index (κ2) is 5.61. The normalized spacial score (nSPS) is 11.4. The van der Waals surface area contributed by atoms with Gasteiger partial charge in [-0.2, -0.15) is 0 Å². The standard InChI is InChI=1S/C14H12BrN/c15-14(11-12-7-3-1-4-8-12)16-13-9-5-2-6-10-13/h1-10H,11H2. The highest BCUT2D eigenvalue weighted by Crippen LogP contribution is 2.14. The van der Waals surface area contributed by atoms with E-state index in [9.17, 15) is 0 Å². The van der Waals surface area contributed by atoms with Gasteiger partial charge in [-0.1, -0.05) is 48.5 Å². The Morgan fingerprint density at radius 3 is 2.06 bits per heavy atom. The molecule has 2 heteroatoms. The molecule has 0 heterocycles. The number of benzene rings is 2. The van der Waals surface area contributed by atoms with Crippen LogP contribution in [0.5, 0.6) is 0 Å². The fourth-order valence-electron chi connectivity index (χ4n) is 1.45. The molecule has 2 aromatic carbocycles. The van der Waals surface area contributed by atoms with Crippen molar-refractivity contribution in [3.05, 3.63) is 66.2 Å². The van der Waals surface area contributed by atoms with Gasteiger partial charge >= 0.3 is 0 Å². The predicted octanol–water partition coefficient (Wildman–Crippen LogP) is 4.35. The molecule has 0 N–H and O–H groups in total. The number of aliphatic imine (C=N–C) groups is 1. The average Bonchev–Trinajstić information content (AvgIpc) is 2.31. The summed E-state index contributed by atoms with van der Waals surface area (Å²) in [6.45, 7) is 0. The Kier molecular flexibility index (Phi) is 3.89. The molecule has 0 spiro atoms. The molecule has 0 atom stereocenters. The third-order valence-corrected chi connectivity index (χ3v) is 2.66. The van der Waals surface area contributed by atoms with Crippen molar-refractivity contribution in [1.29, 1.82) is 0 Å². The number of halogens is 1. The van der Waals surface area contributed by atoms with E-state index < -0.39 is 0 Å². The molecule has 2 aromatic rings. The van der Waals surface area contributed by atoms with E-state index in [-0.39, 0.29) is 0 Å². The second-order valence-corrected chi connectivity index (χ2v) is 4.40. The zero-order valence-electron chi connectivity index (χ0n) is 8.81. The fourth-order valence-corrected chi connectivity index (χ4v) is 1.97. The van der Waals surface area contributed by atoms with Crippen LogP contribution in [-0.2, 0) is 6.42 Å². The van der Waals surface area contributed by atoms with Crippen molar-refractivity contribution in [3.63, 3.8) is 0 Å². The maximum Gasteiger partial charge on any atom is 0.0880 e. The first-order valence-electron chi connectivity index (χ1n) is 5.16. The summed E-state index contributed by atoms with van der Waals surface area (Å²) in [5.74, 6) is 0. The molecule has 2 rings (SSSR count). The van der Waals surface area contributed by atoms with Crippen LogP contribution in [0.4, 0.5) is 5.69 Å². The minimum Gasteiger partial charge on any atom is -0.246 e. The fraction of sp³-hybridized carbons (Fsp3) is 0.0714. The van der Waals surface area contributed by atoms with E-state index in [2.05, 4.69) is 33.1 Å². The Morgan fingerprint density at radius 1 is 0.875 bits per heavy atom. The molecule has 0 bridgehead atoms. The van der Waals surface area contributed by atoms with E-state index in [4.69, 9.17) is 0 Å². The van der Waals surface area contributed by atoms with Gasteiger partial charge in [0.1, 0.15) is 0 Å². The number of hydrogen-bond acceptors (Lipinski definition) is 1. The van der Waals surface area contributed by atoms with Crippen LogP contribution in [0.25, 0.3) is 0 Å². The van der Waals surface area contributed by atoms with Crippen molar-refractivity contribution in [2.75, 3.05) is 0 Å². The van der Waals surface area contributed by atoms with Crippen LogP contribution in [-0.4, -0.2) is 4.62 Å². The van der Waals surface area contributed by atoms with Crippen LogP contribution in [0.3, 0.4) is 0 Å². The molecule has 80 valence electrons. The Hall–Kier alpha value is -1.41. The molecule has 0 saturated heterocycles. The van der Waals surface area contributed by atoms with Gasteiger partial charge in [0, 0.05) is 6.42 Å². The Balaban J connectivity index is 2.09. The topological polar surface area (TPSA) is 12.4 Å². The van der Waals surface area contributed by atoms with Crippen molar-refractivity contribution in [2.45, 2.75) is 6.42 Å². The largest absolute Gasteiger partial charge is 0.246 e. The summed E-state index contributed by atoms with van der Waals surface area (Å²) < 4.78 is 0.949. The first-order chi connectivity index (χ1) is 7.84. The molecule has 0 amide bonds. The van der Waals surface area contributed by atoms with Gasteiger partial charge in [0.15, 0.2) is 0 Å². The summed E-state index contributed by atoms with van der Waals surface area (Å²) in [6.07, 6.45) is 0.829. The molecular weight excluding hydrogens is 262 g/mol. The molecular formula is C14H12BrN. The highest BCUT2D eigenvalue weighted by molar-refractivity contribution is 9.18. The lowest BCUT2D eigenvalue weighted by Crippen LogP contribution is -1.92. The van der Waals surface area contributed by atoms with E-state index in [0.717, 1.165) is 16.7 Å². The molecule has 0 aliphatic rings. The van der Waals surface area contributed by atoms with Crippen molar-refractivity contribution >= 4 is 26.2 Å². The van der Waals surface area contributed by atoms with E-state index in [1.165, 1.54) is 5.56 Å². The predicted molar refractivity (Wildman–Crippen MR) is 72.6 cm³/mol. The molecule has 0 radical (unpaired) electrons. The maximum absolute atomic E-state index is 4.49. The van der Waals surface area contributed by atoms with Crippen molar-refractivity contribution < 1.29 is 0 Å². The quantitative estimate of drug-likeness (QED) is 0.738. The van der Waals surface area contributed by atoms with Crippen molar-refractivity contribution in [1.82, 2.24) is 0 Å². The van der Waals surface area contributed by atoms with E-state index in [1.54, 1.807) is 0 Å². The van der Waals surface area contributed by atoms with Crippen LogP contribution in [0.15, 0.2) is 65.7 Å². The maximum atomic E-state index is 4.49. The molecule has 0 unspecified atom stereocenters. The SMILES string of the molecule is BrC(Cc1ccccc1)=Nc1ccccc1. The monoisotopic (exact) mass is 273 g/mol. The number of hydrogen-bond donors (Lipinski definition) is 0. The van der Waals surface area contributed by atoms with Crippen LogP contribution in [0.1, 0.15) is 5.56 Å². The van der Waals surface area contributed by atoms with Crippen molar-refractivity contribution in [2.24, 2.45) is 4.99 Å². The lowest BCUT2D eigenvalue weighted by Gasteiger charge is -1.99. The third-order valence-electron chi connectivity index (χ3n) is 2.20. The van der Waals surface area contributed by atoms with Gasteiger partial charge in [-0.05, 0) is 33.6 Å². The van der Waals surface area contributed by atoms with E-state index in [0.29, 0.717) is 0 Å². The highest BCUT2D eigenvalue weighted by Gasteiger charge is 1.97. The number of para-hydroxylation sites is 1. The lowest BCUT2D eigenvalue weighted by molar-refractivity contribution is 1.34. The lowest BCUT2D eigenvalue weighted by atomic mass is 10.2. The summed E-state index contributed by atoms with van der Waals surface area (Å²) in [7, 11) is 0. The molecule has 0 saturated carbocycles. The van der Waals surface area contributed by atoms with Crippen LogP contribution < -0.4 is 0 Å². The van der Waals surface area contributed by atoms with Crippen molar-refractivity contribution in [3.8, 4) is 0 Å². The molecule has 1 nitrogen and oxygen atoms in total. The van der Waals surface area contributed by atoms with Gasteiger partial charge in [-0.15, -0.1) is 0 Å². The van der Waals surface area contributed by atoms with Crippen LogP contribution >= 0.6 is 15.9 Å². The van der Waals surface area contributed by atoms with Gasteiger partial charge in [0.2, 0.25) is 0 Å². The first-order valence-corrected chi connectivity index (χ1v) is 5.96. The zero-order valence-corrected chi connectivity index (χ0v) is 10.4. The molecule has 0 aromatic heterocycles. The van der Waals surface area contributed by atoms with Gasteiger partial charge in [-0.3, -0.25) is 0 Å². The van der Waals surface area contributed by atoms with Gasteiger partial charge in [-0.25, -0.2) is 4.99 Å². The summed E-state index contributed by atoms with van der Waals surface area (Å²) in [5.41, 5.74) is 2.24. The highest BCUT2D eigenvalue weighted by atomic mass is 79.9. The zero-order chi connectivity index (χ0) is 11.2. The van der Waals surface area contributed by atoms with Gasteiger partial charge in [0.05, 0.1) is 10.3 Å². The number of nitrogens with zero attached hydrogens (tertiary/aromatic N) is 1. The van der Waals surface area contributed by atoms with Crippen LogP contribution in [0, 0.1) is 0 Å². The molecule has 0 aliphatic carbocycles. The first kappa shape index (κ1) is 11.1. The Morgan fingerprint density at radius 2 is 1.44 bits per heavy atom. The molecule has 0 aliphatic heterocycles. The minimum atomic E-state index is 0.829. The Labute approximate surface area is 104 Å². The van der Waals surface area contributed by atoms with Gasteiger partial charge < -0.3 is 0 Å². The smallest absolute Gasteiger partial charge is 0.0880 e. The van der Waals surface area contributed by atoms with Crippen LogP contribution in [0.2, 0.25) is 0 Å². The number of rotatable bonds is 3. The molecule has 0 fully saturated rings. The van der Waals surface area contributed by atoms with E-state index in [1.807, 2.05) is 48.5 Å². The van der Waals surface area contributed by atoms with E-state index >= 15 is 0 Å². The van der Waals surface area contributed by atoms with Gasteiger partial charge in [0.25, 0.3) is 0 Å². The summed E-state index contributed by atoms with van der Waals surface area (Å²) in [5, 5.41) is 0. The second-order valence-electron chi connectivity index (χ2n) is 3.49. The minimum absolute atomic E-state index is 0.829. The third kappa shape index (κ3) is 3.31. The summed E-state index contributed by atoms with van der Waals surface area (Å²) in [4.78, 5) is 4.49. The summed E-state index contributed by atoms with van der Waals surface area (Å²) >= 11 is 3.50. The average molecular weight is 274 g/mol.